The molecule has 8 nitrogen and oxygen atoms in total. The van der Waals surface area contributed by atoms with Crippen molar-refractivity contribution in [2.24, 2.45) is 0 Å². The molecule has 1 heterocycles. The van der Waals surface area contributed by atoms with E-state index < -0.39 is 0 Å². The van der Waals surface area contributed by atoms with Crippen LogP contribution in [0, 0.1) is 0 Å². The average Bonchev–Trinajstić information content (AvgIpc) is 2.37. The predicted molar refractivity (Wildman–Crippen MR) is 74.9 cm³/mol. The second-order valence-electron chi connectivity index (χ2n) is 4.46. The quantitative estimate of drug-likeness (QED) is 0.638. The number of aliphatic hydroxyl groups excluding tert-OH is 2. The van der Waals surface area contributed by atoms with Crippen molar-refractivity contribution in [3.8, 4) is 0 Å². The highest BCUT2D eigenvalue weighted by molar-refractivity contribution is 5.45. The van der Waals surface area contributed by atoms with Gasteiger partial charge in [0.25, 0.3) is 0 Å². The minimum absolute atomic E-state index is 0.0275. The number of anilines is 3. The van der Waals surface area contributed by atoms with E-state index in [1.165, 1.54) is 0 Å². The summed E-state index contributed by atoms with van der Waals surface area (Å²) < 4.78 is 0. The third-order valence-corrected chi connectivity index (χ3v) is 2.42. The molecule has 0 aliphatic carbocycles. The van der Waals surface area contributed by atoms with Crippen LogP contribution < -0.4 is 14.7 Å². The van der Waals surface area contributed by atoms with E-state index in [4.69, 9.17) is 10.2 Å². The Labute approximate surface area is 113 Å². The fourth-order valence-corrected chi connectivity index (χ4v) is 1.44. The Morgan fingerprint density at radius 1 is 0.737 bits per heavy atom. The first-order valence-electron chi connectivity index (χ1n) is 6.07. The molecule has 1 aromatic rings. The monoisotopic (exact) mass is 270 g/mol. The van der Waals surface area contributed by atoms with Crippen LogP contribution >= 0.6 is 0 Å². The molecule has 0 spiro atoms. The molecule has 0 amide bonds. The van der Waals surface area contributed by atoms with Gasteiger partial charge in [-0.15, -0.1) is 0 Å². The van der Waals surface area contributed by atoms with E-state index in [2.05, 4.69) is 15.0 Å². The van der Waals surface area contributed by atoms with Gasteiger partial charge in [0.2, 0.25) is 17.8 Å². The highest BCUT2D eigenvalue weighted by atomic mass is 16.3. The lowest BCUT2D eigenvalue weighted by Gasteiger charge is -2.23. The number of rotatable bonds is 7. The van der Waals surface area contributed by atoms with Gasteiger partial charge < -0.3 is 24.9 Å². The Balaban J connectivity index is 3.15. The summed E-state index contributed by atoms with van der Waals surface area (Å²) in [5.74, 6) is 1.52. The second-order valence-corrected chi connectivity index (χ2v) is 4.46. The Bertz CT molecular complexity index is 367. The van der Waals surface area contributed by atoms with Crippen LogP contribution in [0.15, 0.2) is 0 Å². The largest absolute Gasteiger partial charge is 0.395 e. The molecule has 0 saturated carbocycles. The fourth-order valence-electron chi connectivity index (χ4n) is 1.44. The summed E-state index contributed by atoms with van der Waals surface area (Å²) in [4.78, 5) is 18.3. The molecule has 0 bridgehead atoms. The van der Waals surface area contributed by atoms with Crippen LogP contribution in [0.2, 0.25) is 0 Å². The molecule has 0 aromatic carbocycles. The lowest BCUT2D eigenvalue weighted by molar-refractivity contribution is 0.280. The van der Waals surface area contributed by atoms with E-state index in [0.717, 1.165) is 0 Å². The van der Waals surface area contributed by atoms with Gasteiger partial charge in [-0.3, -0.25) is 0 Å². The first kappa shape index (κ1) is 15.4. The third-order valence-electron chi connectivity index (χ3n) is 2.42. The van der Waals surface area contributed by atoms with Gasteiger partial charge in [0.1, 0.15) is 0 Å². The molecule has 19 heavy (non-hydrogen) atoms. The number of aromatic nitrogens is 3. The van der Waals surface area contributed by atoms with E-state index in [1.54, 1.807) is 14.7 Å². The van der Waals surface area contributed by atoms with E-state index in [1.807, 2.05) is 28.2 Å². The van der Waals surface area contributed by atoms with Crippen LogP contribution in [-0.4, -0.2) is 79.7 Å². The zero-order valence-corrected chi connectivity index (χ0v) is 11.9. The van der Waals surface area contributed by atoms with Crippen molar-refractivity contribution in [1.82, 2.24) is 15.0 Å². The molecular formula is C11H22N6O2. The van der Waals surface area contributed by atoms with Crippen LogP contribution in [0.5, 0.6) is 0 Å². The van der Waals surface area contributed by atoms with E-state index in [-0.39, 0.29) is 13.2 Å². The first-order valence-corrected chi connectivity index (χ1v) is 6.07. The first-order chi connectivity index (χ1) is 8.99. The molecule has 108 valence electrons. The fraction of sp³-hybridized carbons (Fsp3) is 0.727. The van der Waals surface area contributed by atoms with Crippen molar-refractivity contribution in [2.45, 2.75) is 0 Å². The van der Waals surface area contributed by atoms with Crippen molar-refractivity contribution in [2.75, 3.05) is 69.2 Å². The number of nitrogens with zero attached hydrogens (tertiary/aromatic N) is 6. The maximum absolute atomic E-state index is 9.07. The molecule has 0 saturated heterocycles. The number of hydrogen-bond donors (Lipinski definition) is 2. The maximum atomic E-state index is 9.07. The van der Waals surface area contributed by atoms with Gasteiger partial charge in [0.15, 0.2) is 0 Å². The van der Waals surface area contributed by atoms with Crippen LogP contribution in [-0.2, 0) is 0 Å². The van der Waals surface area contributed by atoms with E-state index in [0.29, 0.717) is 30.9 Å². The molecule has 1 rings (SSSR count). The molecule has 0 radical (unpaired) electrons. The topological polar surface area (TPSA) is 88.9 Å². The van der Waals surface area contributed by atoms with Crippen LogP contribution in [0.3, 0.4) is 0 Å². The lowest BCUT2D eigenvalue weighted by Crippen LogP contribution is -2.32. The molecule has 8 heteroatoms. The predicted octanol–water partition coefficient (Wildman–Crippen LogP) is -1.21. The van der Waals surface area contributed by atoms with Crippen molar-refractivity contribution >= 4 is 17.8 Å². The van der Waals surface area contributed by atoms with Gasteiger partial charge in [-0.2, -0.15) is 15.0 Å². The zero-order chi connectivity index (χ0) is 14.4. The van der Waals surface area contributed by atoms with Crippen LogP contribution in [0.25, 0.3) is 0 Å². The standard InChI is InChI=1S/C11H22N6O2/c1-15(2)9-12-10(16(3)4)14-11(13-9)17(5-7-18)6-8-19/h18-19H,5-8H2,1-4H3. The molecule has 0 fully saturated rings. The summed E-state index contributed by atoms with van der Waals surface area (Å²) in [6.07, 6.45) is 0. The summed E-state index contributed by atoms with van der Waals surface area (Å²) in [6, 6.07) is 0. The van der Waals surface area contributed by atoms with Gasteiger partial charge >= 0.3 is 0 Å². The number of aliphatic hydroxyl groups is 2. The summed E-state index contributed by atoms with van der Waals surface area (Å²) in [6.45, 7) is 0.676. The lowest BCUT2D eigenvalue weighted by atomic mass is 10.5. The van der Waals surface area contributed by atoms with E-state index in [9.17, 15) is 0 Å². The normalized spacial score (nSPS) is 10.4. The van der Waals surface area contributed by atoms with Gasteiger partial charge in [-0.1, -0.05) is 0 Å². The van der Waals surface area contributed by atoms with Gasteiger partial charge in [0, 0.05) is 41.3 Å². The van der Waals surface area contributed by atoms with Crippen molar-refractivity contribution in [1.29, 1.82) is 0 Å². The molecule has 0 atom stereocenters. The summed E-state index contributed by atoms with van der Waals surface area (Å²) in [7, 11) is 7.39. The summed E-state index contributed by atoms with van der Waals surface area (Å²) in [5.41, 5.74) is 0. The van der Waals surface area contributed by atoms with Gasteiger partial charge in [-0.05, 0) is 0 Å². The highest BCUT2D eigenvalue weighted by Gasteiger charge is 2.14. The Morgan fingerprint density at radius 2 is 1.11 bits per heavy atom. The van der Waals surface area contributed by atoms with Crippen molar-refractivity contribution in [3.63, 3.8) is 0 Å². The van der Waals surface area contributed by atoms with Gasteiger partial charge in [0.05, 0.1) is 13.2 Å². The minimum atomic E-state index is -0.0275. The second kappa shape index (κ2) is 7.05. The average molecular weight is 270 g/mol. The summed E-state index contributed by atoms with van der Waals surface area (Å²) >= 11 is 0. The summed E-state index contributed by atoms with van der Waals surface area (Å²) in [5, 5.41) is 18.1. The third kappa shape index (κ3) is 4.18. The molecule has 0 aliphatic heterocycles. The minimum Gasteiger partial charge on any atom is -0.395 e. The maximum Gasteiger partial charge on any atom is 0.232 e. The smallest absolute Gasteiger partial charge is 0.232 e. The van der Waals surface area contributed by atoms with Crippen molar-refractivity contribution in [3.05, 3.63) is 0 Å². The van der Waals surface area contributed by atoms with Crippen LogP contribution in [0.4, 0.5) is 17.8 Å². The molecule has 1 aromatic heterocycles. The Morgan fingerprint density at radius 3 is 1.42 bits per heavy atom. The Hall–Kier alpha value is -1.67. The molecule has 2 N–H and O–H groups in total. The SMILES string of the molecule is CN(C)c1nc(N(C)C)nc(N(CCO)CCO)n1. The zero-order valence-electron chi connectivity index (χ0n) is 11.9. The highest BCUT2D eigenvalue weighted by Crippen LogP contribution is 2.16. The number of hydrogen-bond acceptors (Lipinski definition) is 8. The van der Waals surface area contributed by atoms with E-state index >= 15 is 0 Å². The van der Waals surface area contributed by atoms with Gasteiger partial charge in [-0.25, -0.2) is 0 Å². The molecular weight excluding hydrogens is 248 g/mol. The molecule has 0 unspecified atom stereocenters. The molecule has 0 aliphatic rings. The van der Waals surface area contributed by atoms with Crippen LogP contribution in [0.1, 0.15) is 0 Å². The Kier molecular flexibility index (Phi) is 5.71. The van der Waals surface area contributed by atoms with Crippen molar-refractivity contribution < 1.29 is 10.2 Å².